The summed E-state index contributed by atoms with van der Waals surface area (Å²) in [4.78, 5) is 33.6. The molecular weight excluding hydrogens is 654 g/mol. The Morgan fingerprint density at radius 2 is 1.88 bits per heavy atom. The maximum Gasteiger partial charge on any atom is 0.410 e. The lowest BCUT2D eigenvalue weighted by atomic mass is 9.95. The largest absolute Gasteiger partial charge is 0.461 e. The Morgan fingerprint density at radius 1 is 1.10 bits per heavy atom. The number of aliphatic hydroxyl groups is 1. The van der Waals surface area contributed by atoms with Gasteiger partial charge in [-0.05, 0) is 77.3 Å². The number of anilines is 1. The number of fused-ring (bicyclic) bond motifs is 5. The smallest absolute Gasteiger partial charge is 0.410 e. The van der Waals surface area contributed by atoms with Crippen molar-refractivity contribution in [2.75, 3.05) is 37.7 Å². The predicted octanol–water partition coefficient (Wildman–Crippen LogP) is 6.06. The summed E-state index contributed by atoms with van der Waals surface area (Å²) in [6, 6.07) is 8.06. The van der Waals surface area contributed by atoms with Crippen molar-refractivity contribution in [1.82, 2.24) is 24.8 Å². The minimum absolute atomic E-state index is 0.0113. The van der Waals surface area contributed by atoms with Gasteiger partial charge in [-0.25, -0.2) is 13.6 Å². The van der Waals surface area contributed by atoms with Gasteiger partial charge in [0.15, 0.2) is 5.82 Å². The van der Waals surface area contributed by atoms with Gasteiger partial charge in [-0.1, -0.05) is 30.2 Å². The first kappa shape index (κ1) is 33.5. The maximum absolute atomic E-state index is 17.0. The third kappa shape index (κ3) is 5.71. The number of hydrogen-bond acceptors (Lipinski definition) is 9. The third-order valence-electron chi connectivity index (χ3n) is 11.1. The standard InChI is InChI=1S/C39H42F2N6O4/c1-5-27-30(40)13-10-23-8-6-9-28(31(23)27)33-32(41)34-29(18-42-33)35(45-19-24-11-12-25(20-45)47(24)37(49)51-38(2,3)4)44-36(43-34)50-22-39-15-7-17-46(39)26(21-48)14-16-39/h1,6,8-10,13,18,24-26,48H,7,11-12,14-17,19-22H2,2-4H3/t24?,25?,26-,39+/m0/s1. The fraction of sp³-hybridized carbons (Fsp3) is 0.487. The molecule has 6 heterocycles. The number of aromatic nitrogens is 3. The van der Waals surface area contributed by atoms with Crippen molar-refractivity contribution in [3.8, 4) is 29.6 Å². The highest BCUT2D eigenvalue weighted by Gasteiger charge is 2.50. The predicted molar refractivity (Wildman–Crippen MR) is 189 cm³/mol. The lowest BCUT2D eigenvalue weighted by Gasteiger charge is -2.42. The SMILES string of the molecule is C#Cc1c(F)ccc2cccc(-c3ncc4c(N5CC6CCC(C5)N6C(=O)OC(C)(C)C)nc(OC[C@]56CCCN5[C@H](CO)CC6)nc4c3F)c12. The zero-order valence-electron chi connectivity index (χ0n) is 29.2. The van der Waals surface area contributed by atoms with E-state index in [1.54, 1.807) is 30.5 Å². The minimum atomic E-state index is -0.696. The molecule has 0 aliphatic carbocycles. The van der Waals surface area contributed by atoms with E-state index < -0.39 is 17.2 Å². The van der Waals surface area contributed by atoms with Gasteiger partial charge in [-0.3, -0.25) is 14.8 Å². The van der Waals surface area contributed by atoms with Crippen molar-refractivity contribution in [2.45, 2.75) is 88.6 Å². The van der Waals surface area contributed by atoms with Crippen molar-refractivity contribution in [1.29, 1.82) is 0 Å². The van der Waals surface area contributed by atoms with Crippen LogP contribution in [0.1, 0.15) is 64.9 Å². The Hall–Kier alpha value is -4.60. The van der Waals surface area contributed by atoms with Gasteiger partial charge in [-0.15, -0.1) is 6.42 Å². The second kappa shape index (κ2) is 12.6. The van der Waals surface area contributed by atoms with Crippen LogP contribution in [0.3, 0.4) is 0 Å². The number of carbonyl (C=O) groups excluding carboxylic acids is 1. The number of ether oxygens (including phenoxy) is 2. The van der Waals surface area contributed by atoms with Crippen LogP contribution in [0.15, 0.2) is 36.5 Å². The van der Waals surface area contributed by atoms with E-state index in [-0.39, 0.29) is 59.1 Å². The summed E-state index contributed by atoms with van der Waals surface area (Å²) in [5, 5.41) is 11.5. The average molecular weight is 697 g/mol. The van der Waals surface area contributed by atoms with E-state index in [2.05, 4.69) is 25.7 Å². The molecule has 8 rings (SSSR count). The van der Waals surface area contributed by atoms with Gasteiger partial charge in [0.25, 0.3) is 0 Å². The molecule has 2 aromatic heterocycles. The molecule has 4 aromatic rings. The Bertz CT molecular complexity index is 2070. The number of amides is 1. The van der Waals surface area contributed by atoms with E-state index >= 15 is 4.39 Å². The number of aliphatic hydroxyl groups excluding tert-OH is 1. The van der Waals surface area contributed by atoms with Gasteiger partial charge >= 0.3 is 12.1 Å². The highest BCUT2D eigenvalue weighted by Crippen LogP contribution is 2.43. The van der Waals surface area contributed by atoms with Crippen LogP contribution >= 0.6 is 0 Å². The summed E-state index contributed by atoms with van der Waals surface area (Å²) in [5.74, 6) is 1.64. The molecule has 2 aromatic carbocycles. The molecule has 10 nitrogen and oxygen atoms in total. The molecule has 4 atom stereocenters. The summed E-state index contributed by atoms with van der Waals surface area (Å²) in [6.45, 7) is 7.79. The highest BCUT2D eigenvalue weighted by atomic mass is 19.1. The Labute approximate surface area is 295 Å². The normalized spacial score (nSPS) is 24.7. The van der Waals surface area contributed by atoms with Crippen molar-refractivity contribution in [3.63, 3.8) is 0 Å². The highest BCUT2D eigenvalue weighted by molar-refractivity contribution is 6.02. The summed E-state index contributed by atoms with van der Waals surface area (Å²) >= 11 is 0. The molecule has 4 aliphatic heterocycles. The number of hydrogen-bond donors (Lipinski definition) is 1. The van der Waals surface area contributed by atoms with Gasteiger partial charge in [0.05, 0.1) is 35.2 Å². The number of terminal acetylenes is 1. The lowest BCUT2D eigenvalue weighted by Crippen LogP contribution is -2.57. The number of benzene rings is 2. The van der Waals surface area contributed by atoms with Crippen LogP contribution in [-0.4, -0.2) is 98.1 Å². The van der Waals surface area contributed by atoms with Crippen LogP contribution in [0.4, 0.5) is 19.4 Å². The fourth-order valence-corrected chi connectivity index (χ4v) is 8.90. The van der Waals surface area contributed by atoms with Crippen molar-refractivity contribution >= 4 is 33.6 Å². The molecule has 4 fully saturated rings. The molecule has 0 spiro atoms. The van der Waals surface area contributed by atoms with Crippen molar-refractivity contribution in [2.24, 2.45) is 0 Å². The molecular formula is C39H42F2N6O4. The van der Waals surface area contributed by atoms with Crippen LogP contribution in [-0.2, 0) is 4.74 Å². The topological polar surface area (TPSA) is 104 Å². The van der Waals surface area contributed by atoms with E-state index in [0.29, 0.717) is 47.2 Å². The summed E-state index contributed by atoms with van der Waals surface area (Å²) < 4.78 is 44.1. The number of halogens is 2. The summed E-state index contributed by atoms with van der Waals surface area (Å²) in [6.07, 6.45) is 12.3. The fourth-order valence-electron chi connectivity index (χ4n) is 8.90. The molecule has 0 saturated carbocycles. The monoisotopic (exact) mass is 696 g/mol. The Kier molecular flexibility index (Phi) is 8.26. The van der Waals surface area contributed by atoms with E-state index in [1.807, 2.05) is 25.7 Å². The zero-order valence-corrected chi connectivity index (χ0v) is 29.2. The molecule has 12 heteroatoms. The first-order valence-corrected chi connectivity index (χ1v) is 17.8. The van der Waals surface area contributed by atoms with E-state index in [4.69, 9.17) is 20.9 Å². The van der Waals surface area contributed by atoms with E-state index in [9.17, 15) is 14.3 Å². The first-order chi connectivity index (χ1) is 24.5. The second-order valence-electron chi connectivity index (χ2n) is 15.3. The van der Waals surface area contributed by atoms with E-state index in [1.165, 1.54) is 6.07 Å². The number of piperazine rings is 1. The molecule has 1 N–H and O–H groups in total. The first-order valence-electron chi connectivity index (χ1n) is 17.8. The number of carbonyl (C=O) groups is 1. The van der Waals surface area contributed by atoms with Crippen LogP contribution in [0, 0.1) is 24.0 Å². The maximum atomic E-state index is 17.0. The molecule has 4 saturated heterocycles. The van der Waals surface area contributed by atoms with Gasteiger partial charge in [0, 0.05) is 36.3 Å². The molecule has 266 valence electrons. The van der Waals surface area contributed by atoms with Crippen LogP contribution in [0.5, 0.6) is 6.01 Å². The molecule has 2 bridgehead atoms. The van der Waals surface area contributed by atoms with Crippen LogP contribution < -0.4 is 9.64 Å². The number of pyridine rings is 1. The van der Waals surface area contributed by atoms with E-state index in [0.717, 1.165) is 45.1 Å². The molecule has 1 amide bonds. The van der Waals surface area contributed by atoms with Gasteiger partial charge in [0.2, 0.25) is 0 Å². The molecule has 51 heavy (non-hydrogen) atoms. The lowest BCUT2D eigenvalue weighted by molar-refractivity contribution is 0.0122. The second-order valence-corrected chi connectivity index (χ2v) is 15.3. The Balaban J connectivity index is 1.21. The van der Waals surface area contributed by atoms with Gasteiger partial charge in [-0.2, -0.15) is 9.97 Å². The van der Waals surface area contributed by atoms with Crippen LogP contribution in [0.25, 0.3) is 32.9 Å². The third-order valence-corrected chi connectivity index (χ3v) is 11.1. The zero-order chi connectivity index (χ0) is 35.7. The summed E-state index contributed by atoms with van der Waals surface area (Å²) in [7, 11) is 0. The quantitative estimate of drug-likeness (QED) is 0.241. The molecule has 2 unspecified atom stereocenters. The number of nitrogens with zero attached hydrogens (tertiary/aromatic N) is 6. The van der Waals surface area contributed by atoms with Crippen molar-refractivity contribution < 1.29 is 28.2 Å². The molecule has 4 aliphatic rings. The molecule has 0 radical (unpaired) electrons. The minimum Gasteiger partial charge on any atom is -0.461 e. The number of rotatable bonds is 6. The average Bonchev–Trinajstić information content (AvgIpc) is 3.76. The summed E-state index contributed by atoms with van der Waals surface area (Å²) in [5.41, 5.74) is -0.461. The Morgan fingerprint density at radius 3 is 2.61 bits per heavy atom. The van der Waals surface area contributed by atoms with Crippen molar-refractivity contribution in [3.05, 3.63) is 53.7 Å². The van der Waals surface area contributed by atoms with Gasteiger partial charge in [0.1, 0.15) is 35.1 Å². The van der Waals surface area contributed by atoms with Gasteiger partial charge < -0.3 is 19.5 Å². The van der Waals surface area contributed by atoms with Crippen LogP contribution in [0.2, 0.25) is 0 Å².